The van der Waals surface area contributed by atoms with Gasteiger partial charge >= 0.3 is 12.0 Å². The van der Waals surface area contributed by atoms with Gasteiger partial charge in [0.1, 0.15) is 0 Å². The Morgan fingerprint density at radius 1 is 1.20 bits per heavy atom. The highest BCUT2D eigenvalue weighted by molar-refractivity contribution is 5.86. The van der Waals surface area contributed by atoms with Crippen molar-refractivity contribution >= 4 is 12.0 Å². The topological polar surface area (TPSA) is 78.9 Å². The normalized spacial score (nSPS) is 29.2. The number of hydrogen-bond donors (Lipinski definition) is 2. The third-order valence-electron chi connectivity index (χ3n) is 4.42. The third kappa shape index (κ3) is 3.06. The number of carbonyl (C=O) groups excluding carboxylic acids is 1. The van der Waals surface area contributed by atoms with Crippen molar-refractivity contribution in [2.45, 2.75) is 37.6 Å². The van der Waals surface area contributed by atoms with E-state index in [-0.39, 0.29) is 12.6 Å². The first-order valence-electron chi connectivity index (χ1n) is 7.47. The molecular formula is C14H22N2O4. The first-order chi connectivity index (χ1) is 9.59. The molecule has 1 saturated heterocycles. The summed E-state index contributed by atoms with van der Waals surface area (Å²) >= 11 is 0. The molecule has 6 heteroatoms. The maximum absolute atomic E-state index is 12.4. The molecule has 0 aromatic carbocycles. The van der Waals surface area contributed by atoms with Crippen LogP contribution in [0.4, 0.5) is 4.79 Å². The van der Waals surface area contributed by atoms with Crippen molar-refractivity contribution in [3.05, 3.63) is 0 Å². The van der Waals surface area contributed by atoms with Gasteiger partial charge in [-0.1, -0.05) is 0 Å². The molecule has 3 rings (SSSR count). The largest absolute Gasteiger partial charge is 0.479 e. The van der Waals surface area contributed by atoms with E-state index in [4.69, 9.17) is 4.74 Å². The molecule has 1 heterocycles. The zero-order valence-corrected chi connectivity index (χ0v) is 11.6. The number of amides is 2. The SMILES string of the molecule is O=C(NC1(C(=O)O)CCOC1)N(CC1CC1)CC1CC1. The van der Waals surface area contributed by atoms with Crippen LogP contribution in [0.3, 0.4) is 0 Å². The Bertz CT molecular complexity index is 384. The second-order valence-corrected chi connectivity index (χ2v) is 6.41. The zero-order valence-electron chi connectivity index (χ0n) is 11.6. The van der Waals surface area contributed by atoms with E-state index in [1.165, 1.54) is 25.7 Å². The number of carboxylic acid groups (broad SMARTS) is 1. The van der Waals surface area contributed by atoms with Crippen LogP contribution in [0.5, 0.6) is 0 Å². The monoisotopic (exact) mass is 282 g/mol. The number of nitrogens with zero attached hydrogens (tertiary/aromatic N) is 1. The molecule has 1 aliphatic heterocycles. The first-order valence-corrected chi connectivity index (χ1v) is 7.47. The van der Waals surface area contributed by atoms with Crippen molar-refractivity contribution in [3.8, 4) is 0 Å². The molecule has 1 atom stereocenters. The lowest BCUT2D eigenvalue weighted by molar-refractivity contribution is -0.144. The summed E-state index contributed by atoms with van der Waals surface area (Å²) < 4.78 is 5.18. The molecule has 112 valence electrons. The summed E-state index contributed by atoms with van der Waals surface area (Å²) in [5.74, 6) is 0.223. The predicted octanol–water partition coefficient (Wildman–Crippen LogP) is 1.06. The van der Waals surface area contributed by atoms with Crippen LogP contribution in [0.2, 0.25) is 0 Å². The highest BCUT2D eigenvalue weighted by Crippen LogP contribution is 2.34. The van der Waals surface area contributed by atoms with Gasteiger partial charge in [-0.05, 0) is 37.5 Å². The van der Waals surface area contributed by atoms with E-state index in [0.717, 1.165) is 13.1 Å². The molecular weight excluding hydrogens is 260 g/mol. The average Bonchev–Trinajstić information content (AvgIpc) is 3.32. The summed E-state index contributed by atoms with van der Waals surface area (Å²) in [4.78, 5) is 25.7. The molecule has 2 saturated carbocycles. The van der Waals surface area contributed by atoms with Crippen LogP contribution in [-0.2, 0) is 9.53 Å². The van der Waals surface area contributed by atoms with Crippen LogP contribution in [0.1, 0.15) is 32.1 Å². The fourth-order valence-corrected chi connectivity index (χ4v) is 2.63. The quantitative estimate of drug-likeness (QED) is 0.763. The summed E-state index contributed by atoms with van der Waals surface area (Å²) in [6.07, 6.45) is 5.07. The Hall–Kier alpha value is -1.30. The van der Waals surface area contributed by atoms with Gasteiger partial charge in [0, 0.05) is 26.1 Å². The summed E-state index contributed by atoms with van der Waals surface area (Å²) in [5.41, 5.74) is -1.23. The Labute approximate surface area is 118 Å². The number of hydrogen-bond acceptors (Lipinski definition) is 3. The van der Waals surface area contributed by atoms with E-state index in [2.05, 4.69) is 5.32 Å². The Kier molecular flexibility index (Phi) is 3.58. The molecule has 2 aliphatic carbocycles. The van der Waals surface area contributed by atoms with Crippen molar-refractivity contribution in [2.24, 2.45) is 11.8 Å². The van der Waals surface area contributed by atoms with Crippen molar-refractivity contribution in [2.75, 3.05) is 26.3 Å². The Morgan fingerprint density at radius 2 is 1.80 bits per heavy atom. The minimum atomic E-state index is -1.23. The van der Waals surface area contributed by atoms with E-state index >= 15 is 0 Å². The van der Waals surface area contributed by atoms with Crippen molar-refractivity contribution < 1.29 is 19.4 Å². The van der Waals surface area contributed by atoms with Gasteiger partial charge in [-0.25, -0.2) is 9.59 Å². The van der Waals surface area contributed by atoms with E-state index in [0.29, 0.717) is 24.9 Å². The number of urea groups is 1. The van der Waals surface area contributed by atoms with Crippen molar-refractivity contribution in [1.29, 1.82) is 0 Å². The van der Waals surface area contributed by atoms with E-state index in [1.54, 1.807) is 0 Å². The van der Waals surface area contributed by atoms with Crippen LogP contribution >= 0.6 is 0 Å². The minimum Gasteiger partial charge on any atom is -0.479 e. The smallest absolute Gasteiger partial charge is 0.332 e. The van der Waals surface area contributed by atoms with Gasteiger partial charge in [0.05, 0.1) is 6.61 Å². The van der Waals surface area contributed by atoms with E-state index < -0.39 is 11.5 Å². The second-order valence-electron chi connectivity index (χ2n) is 6.41. The molecule has 3 aliphatic rings. The third-order valence-corrected chi connectivity index (χ3v) is 4.42. The Balaban J connectivity index is 1.63. The van der Waals surface area contributed by atoms with Gasteiger partial charge in [-0.2, -0.15) is 0 Å². The number of ether oxygens (including phenoxy) is 1. The molecule has 3 fully saturated rings. The molecule has 20 heavy (non-hydrogen) atoms. The lowest BCUT2D eigenvalue weighted by Crippen LogP contribution is -2.58. The van der Waals surface area contributed by atoms with E-state index in [1.807, 2.05) is 4.90 Å². The van der Waals surface area contributed by atoms with Crippen LogP contribution in [0, 0.1) is 11.8 Å². The molecule has 1 unspecified atom stereocenters. The predicted molar refractivity (Wildman–Crippen MR) is 71.4 cm³/mol. The molecule has 6 nitrogen and oxygen atoms in total. The first kappa shape index (κ1) is 13.7. The van der Waals surface area contributed by atoms with Crippen molar-refractivity contribution in [3.63, 3.8) is 0 Å². The molecule has 0 aromatic heterocycles. The fourth-order valence-electron chi connectivity index (χ4n) is 2.63. The molecule has 2 N–H and O–H groups in total. The zero-order chi connectivity index (χ0) is 14.2. The number of carboxylic acids is 1. The maximum atomic E-state index is 12.4. The second kappa shape index (κ2) is 5.24. The average molecular weight is 282 g/mol. The van der Waals surface area contributed by atoms with E-state index in [9.17, 15) is 14.7 Å². The summed E-state index contributed by atoms with van der Waals surface area (Å²) in [7, 11) is 0. The molecule has 0 spiro atoms. The minimum absolute atomic E-state index is 0.0643. The maximum Gasteiger partial charge on any atom is 0.332 e. The lowest BCUT2D eigenvalue weighted by atomic mass is 9.99. The van der Waals surface area contributed by atoms with Gasteiger partial charge in [0.25, 0.3) is 0 Å². The number of rotatable bonds is 6. The number of nitrogens with one attached hydrogen (secondary N) is 1. The number of aliphatic carboxylic acids is 1. The number of carbonyl (C=O) groups is 2. The molecule has 2 amide bonds. The van der Waals surface area contributed by atoms with Gasteiger partial charge in [-0.3, -0.25) is 0 Å². The Morgan fingerprint density at radius 3 is 2.20 bits per heavy atom. The standard InChI is InChI=1S/C14H22N2O4/c17-12(18)14(5-6-20-9-14)15-13(19)16(7-10-1-2-10)8-11-3-4-11/h10-11H,1-9H2,(H,15,19)(H,17,18). The highest BCUT2D eigenvalue weighted by atomic mass is 16.5. The van der Waals surface area contributed by atoms with Gasteiger partial charge in [-0.15, -0.1) is 0 Å². The van der Waals surface area contributed by atoms with Crippen molar-refractivity contribution in [1.82, 2.24) is 10.2 Å². The van der Waals surface area contributed by atoms with Gasteiger partial charge in [0.2, 0.25) is 0 Å². The fraction of sp³-hybridized carbons (Fsp3) is 0.857. The summed E-state index contributed by atoms with van der Waals surface area (Å²) in [6, 6.07) is -0.239. The summed E-state index contributed by atoms with van der Waals surface area (Å²) in [5, 5.41) is 12.1. The van der Waals surface area contributed by atoms with Gasteiger partial charge < -0.3 is 20.1 Å². The molecule has 0 radical (unpaired) electrons. The van der Waals surface area contributed by atoms with Crippen LogP contribution < -0.4 is 5.32 Å². The highest BCUT2D eigenvalue weighted by Gasteiger charge is 2.45. The van der Waals surface area contributed by atoms with Crippen LogP contribution in [0.15, 0.2) is 0 Å². The molecule has 0 bridgehead atoms. The lowest BCUT2D eigenvalue weighted by Gasteiger charge is -2.29. The van der Waals surface area contributed by atoms with Crippen LogP contribution in [0.25, 0.3) is 0 Å². The van der Waals surface area contributed by atoms with Crippen LogP contribution in [-0.4, -0.2) is 53.8 Å². The summed E-state index contributed by atoms with van der Waals surface area (Å²) in [6.45, 7) is 1.98. The van der Waals surface area contributed by atoms with Gasteiger partial charge in [0.15, 0.2) is 5.54 Å². The molecule has 0 aromatic rings.